The molecule has 7 aromatic rings. The van der Waals surface area contributed by atoms with Crippen LogP contribution >= 0.6 is 0 Å². The summed E-state index contributed by atoms with van der Waals surface area (Å²) in [6.07, 6.45) is 3.81. The molecule has 0 saturated carbocycles. The molecule has 2 aromatic heterocycles. The van der Waals surface area contributed by atoms with Crippen molar-refractivity contribution in [3.8, 4) is 45.0 Å². The first kappa shape index (κ1) is 42.0. The molecule has 1 aliphatic carbocycles. The summed E-state index contributed by atoms with van der Waals surface area (Å²) in [4.78, 5) is 10.0. The molecule has 1 aliphatic rings. The second-order valence-electron chi connectivity index (χ2n) is 19.1. The van der Waals surface area contributed by atoms with Crippen molar-refractivity contribution in [2.75, 3.05) is 0 Å². The Balaban J connectivity index is 0.00000528. The number of hydrogen-bond acceptors (Lipinski definition) is 3. The fourth-order valence-electron chi connectivity index (χ4n) is 8.58. The average molecular weight is 954 g/mol. The number of fused-ring (bicyclic) bond motifs is 3. The van der Waals surface area contributed by atoms with E-state index in [0.717, 1.165) is 28.1 Å². The molecule has 0 atom stereocenters. The maximum atomic E-state index is 6.93. The molecule has 0 radical (unpaired) electrons. The van der Waals surface area contributed by atoms with Gasteiger partial charge in [0.25, 0.3) is 0 Å². The third-order valence-corrected chi connectivity index (χ3v) is 11.8. The van der Waals surface area contributed by atoms with Crippen molar-refractivity contribution in [1.29, 1.82) is 0 Å². The van der Waals surface area contributed by atoms with E-state index >= 15 is 0 Å². The van der Waals surface area contributed by atoms with Gasteiger partial charge < -0.3 is 9.72 Å². The molecule has 0 saturated heterocycles. The Kier molecular flexibility index (Phi) is 11.0. The molecule has 0 unspecified atom stereocenters. The zero-order valence-electron chi connectivity index (χ0n) is 36.2. The minimum absolute atomic E-state index is 0. The van der Waals surface area contributed by atoms with Gasteiger partial charge in [-0.3, -0.25) is 4.98 Å². The smallest absolute Gasteiger partial charge is 0.503 e. The number of hydrogen-bond donors (Lipinski definition) is 0. The second-order valence-corrected chi connectivity index (χ2v) is 19.1. The van der Waals surface area contributed by atoms with Crippen LogP contribution < -0.4 is 4.74 Å². The Morgan fingerprint density at radius 1 is 0.525 bits per heavy atom. The Hall–Kier alpha value is -5.11. The summed E-state index contributed by atoms with van der Waals surface area (Å²) >= 11 is 0. The van der Waals surface area contributed by atoms with Crippen molar-refractivity contribution in [3.63, 3.8) is 0 Å². The molecular weight excluding hydrogens is 900 g/mol. The molecule has 2 heterocycles. The van der Waals surface area contributed by atoms with Crippen LogP contribution in [0.2, 0.25) is 0 Å². The molecule has 0 aliphatic heterocycles. The summed E-state index contributed by atoms with van der Waals surface area (Å²) in [6, 6.07) is 49.1. The normalized spacial score (nSPS) is 13.3. The van der Waals surface area contributed by atoms with Gasteiger partial charge in [0.15, 0.2) is 0 Å². The summed E-state index contributed by atoms with van der Waals surface area (Å²) in [5, 5.41) is 0. The Morgan fingerprint density at radius 3 is 1.69 bits per heavy atom. The molecule has 5 aromatic carbocycles. The minimum Gasteiger partial charge on any atom is -0.503 e. The third kappa shape index (κ3) is 7.76. The predicted octanol–water partition coefficient (Wildman–Crippen LogP) is 14.1. The minimum atomic E-state index is -0.750. The van der Waals surface area contributed by atoms with E-state index in [-0.39, 0.29) is 37.3 Å². The van der Waals surface area contributed by atoms with Crippen molar-refractivity contribution in [2.24, 2.45) is 0 Å². The zero-order valence-corrected chi connectivity index (χ0v) is 38.5. The first-order valence-corrected chi connectivity index (χ1v) is 20.5. The van der Waals surface area contributed by atoms with Crippen molar-refractivity contribution < 1.29 is 25.8 Å². The van der Waals surface area contributed by atoms with Gasteiger partial charge in [-0.1, -0.05) is 147 Å². The van der Waals surface area contributed by atoms with Gasteiger partial charge in [0.05, 0.1) is 11.1 Å². The van der Waals surface area contributed by atoms with Crippen molar-refractivity contribution in [2.45, 2.75) is 97.8 Å². The van der Waals surface area contributed by atoms with Gasteiger partial charge >= 0.3 is 21.1 Å². The number of aryl methyl sites for hydroxylation is 2. The van der Waals surface area contributed by atoms with Crippen LogP contribution in [0.15, 0.2) is 128 Å². The molecule has 0 bridgehead atoms. The summed E-state index contributed by atoms with van der Waals surface area (Å²) in [6.45, 7) is 24.7. The van der Waals surface area contributed by atoms with E-state index in [4.69, 9.17) is 14.7 Å². The number of benzene rings is 5. The van der Waals surface area contributed by atoms with Gasteiger partial charge in [-0.05, 0) is 110 Å². The van der Waals surface area contributed by atoms with Crippen LogP contribution in [0.5, 0.6) is 11.5 Å². The van der Waals surface area contributed by atoms with Crippen molar-refractivity contribution >= 4 is 0 Å². The Morgan fingerprint density at radius 2 is 1.12 bits per heavy atom. The molecule has 300 valence electrons. The fourth-order valence-corrected chi connectivity index (χ4v) is 8.58. The van der Waals surface area contributed by atoms with Crippen LogP contribution in [0.4, 0.5) is 0 Å². The van der Waals surface area contributed by atoms with E-state index in [9.17, 15) is 0 Å². The number of ether oxygens (including phenoxy) is 1. The summed E-state index contributed by atoms with van der Waals surface area (Å²) in [5.41, 5.74) is 16.1. The number of aromatic nitrogens is 2. The molecule has 0 amide bonds. The molecular formula is C55H54N2OPt. The molecule has 59 heavy (non-hydrogen) atoms. The fraction of sp³-hybridized carbons (Fsp3) is 0.273. The topological polar surface area (TPSA) is 35.0 Å². The Bertz CT molecular complexity index is 2590. The van der Waals surface area contributed by atoms with Gasteiger partial charge in [-0.15, -0.1) is 29.3 Å². The zero-order chi connectivity index (χ0) is 41.2. The van der Waals surface area contributed by atoms with Gasteiger partial charge in [0.2, 0.25) is 0 Å². The second kappa shape index (κ2) is 15.5. The van der Waals surface area contributed by atoms with E-state index in [0.29, 0.717) is 11.5 Å². The van der Waals surface area contributed by atoms with E-state index < -0.39 is 5.41 Å². The maximum Gasteiger partial charge on any atom is 2.00 e. The largest absolute Gasteiger partial charge is 2.00 e. The quantitative estimate of drug-likeness (QED) is 0.156. The van der Waals surface area contributed by atoms with Crippen LogP contribution in [0.3, 0.4) is 0 Å². The van der Waals surface area contributed by atoms with Crippen LogP contribution in [-0.4, -0.2) is 9.97 Å². The molecule has 4 heteroatoms. The molecule has 8 rings (SSSR count). The molecule has 3 nitrogen and oxygen atoms in total. The van der Waals surface area contributed by atoms with E-state index in [1.165, 1.54) is 55.6 Å². The van der Waals surface area contributed by atoms with E-state index in [1.54, 1.807) is 0 Å². The van der Waals surface area contributed by atoms with E-state index in [2.05, 4.69) is 191 Å². The molecule has 0 fully saturated rings. The SMILES string of the molecule is Cc1cccc(C)c1-c1cc(Oc2[c-]c(C3(c4ccccn4)c4cc(C(C)(C)C)ccc4-c4ccc(C(C)(C)C)cc43)ccc2)[c-]c(-c2cc(C(C)(C)C)ccn2)c1.[Pt+2]. The summed E-state index contributed by atoms with van der Waals surface area (Å²) in [7, 11) is 0. The molecule has 0 spiro atoms. The summed E-state index contributed by atoms with van der Waals surface area (Å²) < 4.78 is 6.93. The monoisotopic (exact) mass is 953 g/mol. The maximum absolute atomic E-state index is 6.93. The molecule has 0 N–H and O–H groups in total. The van der Waals surface area contributed by atoms with Crippen LogP contribution in [0, 0.1) is 26.0 Å². The summed E-state index contributed by atoms with van der Waals surface area (Å²) in [5.74, 6) is 1.22. The number of rotatable bonds is 6. The van der Waals surface area contributed by atoms with Crippen molar-refractivity contribution in [1.82, 2.24) is 9.97 Å². The third-order valence-electron chi connectivity index (χ3n) is 11.8. The van der Waals surface area contributed by atoms with E-state index in [1.807, 2.05) is 24.5 Å². The van der Waals surface area contributed by atoms with Gasteiger partial charge in [-0.2, -0.15) is 12.1 Å². The standard InChI is InChI=1S/C55H54N2O.Pt/c1-35-16-14-17-36(2)51(35)38-28-37(49-34-41(25-27-56-49)54(9,10)11)29-44(30-38)58-43-19-15-18-42(31-43)55(50-20-12-13-26-57-50)47-32-39(52(3,4)5)21-23-45(47)46-24-22-40(33-48(46)55)53(6,7)8;/h12-28,30,32-34H,1-11H3;/q-2;+2. The van der Waals surface area contributed by atoms with Crippen LogP contribution in [0.1, 0.15) is 113 Å². The van der Waals surface area contributed by atoms with Gasteiger partial charge in [0.1, 0.15) is 0 Å². The number of nitrogens with zero attached hydrogens (tertiary/aromatic N) is 2. The Labute approximate surface area is 366 Å². The van der Waals surface area contributed by atoms with Crippen LogP contribution in [-0.2, 0) is 42.7 Å². The van der Waals surface area contributed by atoms with Gasteiger partial charge in [0, 0.05) is 23.9 Å². The predicted molar refractivity (Wildman–Crippen MR) is 240 cm³/mol. The average Bonchev–Trinajstić information content (AvgIpc) is 3.47. The van der Waals surface area contributed by atoms with Gasteiger partial charge in [-0.25, -0.2) is 0 Å². The first-order chi connectivity index (χ1) is 27.4. The number of pyridine rings is 2. The first-order valence-electron chi connectivity index (χ1n) is 20.5. The van der Waals surface area contributed by atoms with Crippen molar-refractivity contribution in [3.05, 3.63) is 190 Å². The van der Waals surface area contributed by atoms with Crippen LogP contribution in [0.25, 0.3) is 33.5 Å².